The van der Waals surface area contributed by atoms with Gasteiger partial charge in [0.2, 0.25) is 0 Å². The van der Waals surface area contributed by atoms with Crippen LogP contribution in [0.2, 0.25) is 0 Å². The molecule has 100 valence electrons. The molecule has 0 spiro atoms. The van der Waals surface area contributed by atoms with E-state index in [0.29, 0.717) is 12.8 Å². The van der Waals surface area contributed by atoms with Crippen molar-refractivity contribution in [2.75, 3.05) is 0 Å². The molecule has 2 rings (SSSR count). The van der Waals surface area contributed by atoms with Gasteiger partial charge in [-0.2, -0.15) is 0 Å². The van der Waals surface area contributed by atoms with Crippen LogP contribution >= 0.6 is 0 Å². The molecule has 0 bridgehead atoms. The quantitative estimate of drug-likeness (QED) is 0.709. The molecule has 0 radical (unpaired) electrons. The number of hydrogen-bond donors (Lipinski definition) is 3. The van der Waals surface area contributed by atoms with E-state index in [0.717, 1.165) is 11.1 Å². The molecule has 0 aliphatic heterocycles. The lowest BCUT2D eigenvalue weighted by Gasteiger charge is -2.30. The van der Waals surface area contributed by atoms with E-state index in [1.54, 1.807) is 0 Å². The van der Waals surface area contributed by atoms with Crippen LogP contribution in [0.3, 0.4) is 0 Å². The zero-order valence-electron chi connectivity index (χ0n) is 10.9. The molecule has 0 saturated carbocycles. The van der Waals surface area contributed by atoms with Crippen LogP contribution in [0, 0.1) is 0 Å². The van der Waals surface area contributed by atoms with Gasteiger partial charge >= 0.3 is 0 Å². The van der Waals surface area contributed by atoms with Gasteiger partial charge in [0.05, 0.1) is 6.04 Å². The first-order valence-corrected chi connectivity index (χ1v) is 6.42. The molecule has 3 heteroatoms. The normalized spacial score (nSPS) is 15.7. The summed E-state index contributed by atoms with van der Waals surface area (Å²) in [6.07, 6.45) is 0.905. The summed E-state index contributed by atoms with van der Waals surface area (Å²) < 4.78 is 0. The van der Waals surface area contributed by atoms with Gasteiger partial charge in [0.15, 0.2) is 0 Å². The first-order valence-electron chi connectivity index (χ1n) is 6.42. The smallest absolute Gasteiger partial charge is 0.133 e. The van der Waals surface area contributed by atoms with Gasteiger partial charge in [0, 0.05) is 6.42 Å². The lowest BCUT2D eigenvalue weighted by Crippen LogP contribution is -2.57. The fraction of sp³-hybridized carbons (Fsp3) is 0.250. The summed E-state index contributed by atoms with van der Waals surface area (Å²) in [6.45, 7) is 0. The van der Waals surface area contributed by atoms with Crippen molar-refractivity contribution in [3.05, 3.63) is 71.8 Å². The zero-order valence-corrected chi connectivity index (χ0v) is 10.9. The summed E-state index contributed by atoms with van der Waals surface area (Å²) in [7, 11) is 0. The fourth-order valence-electron chi connectivity index (χ4n) is 2.10. The number of aliphatic hydroxyl groups is 1. The molecule has 2 aromatic rings. The highest BCUT2D eigenvalue weighted by atomic mass is 16.3. The van der Waals surface area contributed by atoms with Gasteiger partial charge in [-0.25, -0.2) is 0 Å². The van der Waals surface area contributed by atoms with Gasteiger partial charge in [0.1, 0.15) is 5.72 Å². The summed E-state index contributed by atoms with van der Waals surface area (Å²) in [6, 6.07) is 19.0. The Morgan fingerprint density at radius 3 is 1.89 bits per heavy atom. The average molecular weight is 256 g/mol. The number of benzene rings is 2. The number of nitrogens with two attached hydrogens (primary N) is 2. The summed E-state index contributed by atoms with van der Waals surface area (Å²) in [5.74, 6) is 0. The van der Waals surface area contributed by atoms with Crippen LogP contribution in [0.25, 0.3) is 0 Å². The molecule has 0 amide bonds. The Morgan fingerprint density at radius 2 is 1.37 bits per heavy atom. The van der Waals surface area contributed by atoms with Crippen LogP contribution in [0.1, 0.15) is 11.1 Å². The average Bonchev–Trinajstić information content (AvgIpc) is 2.40. The van der Waals surface area contributed by atoms with Crippen LogP contribution in [-0.2, 0) is 12.8 Å². The molecule has 0 aliphatic rings. The standard InChI is InChI=1S/C16H20N2O/c17-15(11-13-7-3-1-4-8-13)16(18,19)12-14-9-5-2-6-10-14/h1-10,15,19H,11-12,17-18H2. The van der Waals surface area contributed by atoms with Gasteiger partial charge in [-0.3, -0.25) is 0 Å². The maximum Gasteiger partial charge on any atom is 0.133 e. The van der Waals surface area contributed by atoms with Crippen molar-refractivity contribution in [1.82, 2.24) is 0 Å². The second-order valence-corrected chi connectivity index (χ2v) is 4.95. The van der Waals surface area contributed by atoms with E-state index in [9.17, 15) is 5.11 Å². The van der Waals surface area contributed by atoms with Crippen molar-refractivity contribution in [3.63, 3.8) is 0 Å². The highest BCUT2D eigenvalue weighted by molar-refractivity contribution is 5.20. The van der Waals surface area contributed by atoms with Gasteiger partial charge in [0.25, 0.3) is 0 Å². The second-order valence-electron chi connectivity index (χ2n) is 4.95. The first-order chi connectivity index (χ1) is 9.08. The molecule has 2 aromatic carbocycles. The van der Waals surface area contributed by atoms with E-state index >= 15 is 0 Å². The SMILES string of the molecule is NC(Cc1ccccc1)C(N)(O)Cc1ccccc1. The molecule has 5 N–H and O–H groups in total. The number of rotatable bonds is 5. The first kappa shape index (κ1) is 13.7. The van der Waals surface area contributed by atoms with Crippen LogP contribution < -0.4 is 11.5 Å². The molecule has 0 fully saturated rings. The topological polar surface area (TPSA) is 72.3 Å². The van der Waals surface area contributed by atoms with Crippen LogP contribution in [-0.4, -0.2) is 16.9 Å². The van der Waals surface area contributed by atoms with Crippen molar-refractivity contribution in [3.8, 4) is 0 Å². The van der Waals surface area contributed by atoms with Crippen molar-refractivity contribution in [2.45, 2.75) is 24.6 Å². The molecule has 0 saturated heterocycles. The Bertz CT molecular complexity index is 497. The van der Waals surface area contributed by atoms with E-state index < -0.39 is 11.8 Å². The predicted octanol–water partition coefficient (Wildman–Crippen LogP) is 1.45. The molecule has 0 heterocycles. The summed E-state index contributed by atoms with van der Waals surface area (Å²) in [5.41, 5.74) is 12.7. The zero-order chi connectivity index (χ0) is 13.7. The third-order valence-corrected chi connectivity index (χ3v) is 3.27. The summed E-state index contributed by atoms with van der Waals surface area (Å²) in [5, 5.41) is 10.4. The molecule has 0 aromatic heterocycles. The van der Waals surface area contributed by atoms with Crippen molar-refractivity contribution in [2.24, 2.45) is 11.5 Å². The molecule has 2 atom stereocenters. The van der Waals surface area contributed by atoms with E-state index in [1.165, 1.54) is 0 Å². The van der Waals surface area contributed by atoms with E-state index in [-0.39, 0.29) is 0 Å². The summed E-state index contributed by atoms with van der Waals surface area (Å²) >= 11 is 0. The minimum Gasteiger partial charge on any atom is -0.374 e. The van der Waals surface area contributed by atoms with Crippen molar-refractivity contribution < 1.29 is 5.11 Å². The van der Waals surface area contributed by atoms with E-state index in [1.807, 2.05) is 60.7 Å². The maximum absolute atomic E-state index is 10.4. The highest BCUT2D eigenvalue weighted by Crippen LogP contribution is 2.14. The third-order valence-electron chi connectivity index (χ3n) is 3.27. The molecular formula is C16H20N2O. The highest BCUT2D eigenvalue weighted by Gasteiger charge is 2.29. The van der Waals surface area contributed by atoms with Gasteiger partial charge < -0.3 is 16.6 Å². The van der Waals surface area contributed by atoms with Gasteiger partial charge in [-0.1, -0.05) is 60.7 Å². The summed E-state index contributed by atoms with van der Waals surface area (Å²) in [4.78, 5) is 0. The Kier molecular flexibility index (Phi) is 4.32. The monoisotopic (exact) mass is 256 g/mol. The fourth-order valence-corrected chi connectivity index (χ4v) is 2.10. The second kappa shape index (κ2) is 5.97. The van der Waals surface area contributed by atoms with Crippen LogP contribution in [0.5, 0.6) is 0 Å². The van der Waals surface area contributed by atoms with Gasteiger partial charge in [-0.05, 0) is 17.5 Å². The van der Waals surface area contributed by atoms with E-state index in [4.69, 9.17) is 11.5 Å². The lowest BCUT2D eigenvalue weighted by molar-refractivity contribution is 0.0205. The molecule has 3 nitrogen and oxygen atoms in total. The molecule has 0 aliphatic carbocycles. The minimum atomic E-state index is -1.41. The minimum absolute atomic E-state index is 0.349. The molecule has 2 unspecified atom stereocenters. The predicted molar refractivity (Wildman–Crippen MR) is 77.4 cm³/mol. The maximum atomic E-state index is 10.4. The Morgan fingerprint density at radius 1 is 0.895 bits per heavy atom. The Balaban J connectivity index is 2.02. The Hall–Kier alpha value is -1.68. The van der Waals surface area contributed by atoms with Gasteiger partial charge in [-0.15, -0.1) is 0 Å². The molecule has 19 heavy (non-hydrogen) atoms. The van der Waals surface area contributed by atoms with Crippen molar-refractivity contribution in [1.29, 1.82) is 0 Å². The number of hydrogen-bond acceptors (Lipinski definition) is 3. The van der Waals surface area contributed by atoms with Crippen LogP contribution in [0.4, 0.5) is 0 Å². The van der Waals surface area contributed by atoms with E-state index in [2.05, 4.69) is 0 Å². The lowest BCUT2D eigenvalue weighted by atomic mass is 9.92. The van der Waals surface area contributed by atoms with Crippen LogP contribution in [0.15, 0.2) is 60.7 Å². The third kappa shape index (κ3) is 3.89. The molecular weight excluding hydrogens is 236 g/mol. The largest absolute Gasteiger partial charge is 0.374 e. The van der Waals surface area contributed by atoms with Crippen molar-refractivity contribution >= 4 is 0 Å². The Labute approximate surface area is 113 Å².